The highest BCUT2D eigenvalue weighted by molar-refractivity contribution is 9.10. The molecule has 1 N–H and O–H groups in total. The van der Waals surface area contributed by atoms with Gasteiger partial charge in [-0.2, -0.15) is 0 Å². The quantitative estimate of drug-likeness (QED) is 0.798. The van der Waals surface area contributed by atoms with Crippen LogP contribution in [0.25, 0.3) is 10.4 Å². The Kier molecular flexibility index (Phi) is 4.82. The van der Waals surface area contributed by atoms with E-state index in [1.165, 1.54) is 30.9 Å². The van der Waals surface area contributed by atoms with Crippen molar-refractivity contribution in [1.29, 1.82) is 0 Å². The molecule has 0 aliphatic heterocycles. The van der Waals surface area contributed by atoms with Gasteiger partial charge in [0, 0.05) is 32.4 Å². The van der Waals surface area contributed by atoms with Crippen molar-refractivity contribution in [3.8, 4) is 10.4 Å². The largest absolute Gasteiger partial charge is 0.310 e. The van der Waals surface area contributed by atoms with Gasteiger partial charge in [-0.1, -0.05) is 35.8 Å². The number of rotatable bonds is 4. The molecular weight excluding hydrogens is 318 g/mol. The molecule has 0 unspecified atom stereocenters. The van der Waals surface area contributed by atoms with Crippen molar-refractivity contribution in [3.05, 3.63) is 44.7 Å². The lowest BCUT2D eigenvalue weighted by Crippen LogP contribution is -2.21. The summed E-state index contributed by atoms with van der Waals surface area (Å²) in [5, 5.41) is 3.46. The van der Waals surface area contributed by atoms with Crippen LogP contribution in [0.5, 0.6) is 0 Å². The van der Waals surface area contributed by atoms with Gasteiger partial charge in [0.15, 0.2) is 0 Å². The molecule has 1 nitrogen and oxygen atoms in total. The SMILES string of the molecule is Cc1cc(C)c(-c2ccc(CNC(C)C)s2)c(Br)c1. The summed E-state index contributed by atoms with van der Waals surface area (Å²) in [6.07, 6.45) is 0. The molecule has 0 radical (unpaired) electrons. The third-order valence-electron chi connectivity index (χ3n) is 3.02. The molecule has 1 aromatic heterocycles. The van der Waals surface area contributed by atoms with E-state index in [4.69, 9.17) is 0 Å². The maximum absolute atomic E-state index is 3.70. The Morgan fingerprint density at radius 3 is 2.58 bits per heavy atom. The number of benzene rings is 1. The third kappa shape index (κ3) is 3.68. The molecule has 2 aromatic rings. The van der Waals surface area contributed by atoms with E-state index in [1.807, 2.05) is 11.3 Å². The highest BCUT2D eigenvalue weighted by atomic mass is 79.9. The molecule has 0 saturated carbocycles. The minimum atomic E-state index is 0.526. The van der Waals surface area contributed by atoms with Crippen LogP contribution in [0.3, 0.4) is 0 Å². The van der Waals surface area contributed by atoms with Crippen LogP contribution < -0.4 is 5.32 Å². The molecule has 19 heavy (non-hydrogen) atoms. The van der Waals surface area contributed by atoms with E-state index in [2.05, 4.69) is 73.2 Å². The molecular formula is C16H20BrNS. The highest BCUT2D eigenvalue weighted by Gasteiger charge is 2.10. The Labute approximate surface area is 128 Å². The fourth-order valence-electron chi connectivity index (χ4n) is 2.14. The van der Waals surface area contributed by atoms with Crippen LogP contribution in [0.15, 0.2) is 28.7 Å². The second kappa shape index (κ2) is 6.21. The first-order chi connectivity index (χ1) is 8.97. The lowest BCUT2D eigenvalue weighted by molar-refractivity contribution is 0.593. The molecule has 1 heterocycles. The van der Waals surface area contributed by atoms with E-state index >= 15 is 0 Å². The van der Waals surface area contributed by atoms with E-state index in [1.54, 1.807) is 0 Å². The minimum absolute atomic E-state index is 0.526. The zero-order valence-electron chi connectivity index (χ0n) is 11.9. The average Bonchev–Trinajstić information content (AvgIpc) is 2.73. The van der Waals surface area contributed by atoms with Gasteiger partial charge in [0.25, 0.3) is 0 Å². The summed E-state index contributed by atoms with van der Waals surface area (Å²) in [4.78, 5) is 2.72. The van der Waals surface area contributed by atoms with Crippen molar-refractivity contribution >= 4 is 27.3 Å². The first-order valence-electron chi connectivity index (χ1n) is 6.56. The van der Waals surface area contributed by atoms with Crippen molar-refractivity contribution in [1.82, 2.24) is 5.32 Å². The molecule has 0 fully saturated rings. The molecule has 0 spiro atoms. The Morgan fingerprint density at radius 1 is 1.21 bits per heavy atom. The van der Waals surface area contributed by atoms with Gasteiger partial charge < -0.3 is 5.32 Å². The summed E-state index contributed by atoms with van der Waals surface area (Å²) in [6, 6.07) is 9.41. The molecule has 1 aromatic carbocycles. The molecule has 3 heteroatoms. The number of halogens is 1. The van der Waals surface area contributed by atoms with Crippen LogP contribution >= 0.6 is 27.3 Å². The summed E-state index contributed by atoms with van der Waals surface area (Å²) >= 11 is 5.57. The van der Waals surface area contributed by atoms with Crippen LogP contribution in [-0.2, 0) is 6.54 Å². The van der Waals surface area contributed by atoms with Gasteiger partial charge in [0.1, 0.15) is 0 Å². The van der Waals surface area contributed by atoms with Crippen molar-refractivity contribution < 1.29 is 0 Å². The van der Waals surface area contributed by atoms with Crippen molar-refractivity contribution in [2.75, 3.05) is 0 Å². The van der Waals surface area contributed by atoms with Gasteiger partial charge in [-0.3, -0.25) is 0 Å². The molecule has 2 rings (SSSR count). The van der Waals surface area contributed by atoms with Crippen LogP contribution in [0, 0.1) is 13.8 Å². The van der Waals surface area contributed by atoms with E-state index in [-0.39, 0.29) is 0 Å². The van der Waals surface area contributed by atoms with Crippen molar-refractivity contribution in [2.24, 2.45) is 0 Å². The summed E-state index contributed by atoms with van der Waals surface area (Å²) in [5.74, 6) is 0. The fraction of sp³-hybridized carbons (Fsp3) is 0.375. The maximum atomic E-state index is 3.70. The molecule has 0 atom stereocenters. The molecule has 0 aliphatic rings. The third-order valence-corrected chi connectivity index (χ3v) is 4.75. The van der Waals surface area contributed by atoms with E-state index in [9.17, 15) is 0 Å². The van der Waals surface area contributed by atoms with Crippen LogP contribution in [0.2, 0.25) is 0 Å². The van der Waals surface area contributed by atoms with Gasteiger partial charge in [0.2, 0.25) is 0 Å². The van der Waals surface area contributed by atoms with Gasteiger partial charge in [-0.05, 0) is 43.2 Å². The lowest BCUT2D eigenvalue weighted by atomic mass is 10.0. The van der Waals surface area contributed by atoms with Gasteiger partial charge in [-0.25, -0.2) is 0 Å². The fourth-order valence-corrected chi connectivity index (χ4v) is 4.24. The minimum Gasteiger partial charge on any atom is -0.310 e. The van der Waals surface area contributed by atoms with E-state index in [0.29, 0.717) is 6.04 Å². The van der Waals surface area contributed by atoms with Crippen molar-refractivity contribution in [2.45, 2.75) is 40.3 Å². The molecule has 102 valence electrons. The number of thiophene rings is 1. The van der Waals surface area contributed by atoms with Crippen LogP contribution in [-0.4, -0.2) is 6.04 Å². The Hall–Kier alpha value is -0.640. The second-order valence-electron chi connectivity index (χ2n) is 5.24. The average molecular weight is 338 g/mol. The molecule has 0 amide bonds. The summed E-state index contributed by atoms with van der Waals surface area (Å²) in [7, 11) is 0. The van der Waals surface area contributed by atoms with Crippen LogP contribution in [0.1, 0.15) is 29.9 Å². The zero-order chi connectivity index (χ0) is 14.0. The van der Waals surface area contributed by atoms with E-state index in [0.717, 1.165) is 6.54 Å². The number of hydrogen-bond acceptors (Lipinski definition) is 2. The number of hydrogen-bond donors (Lipinski definition) is 1. The molecule has 0 bridgehead atoms. The Morgan fingerprint density at radius 2 is 1.95 bits per heavy atom. The first kappa shape index (κ1) is 14.8. The lowest BCUT2D eigenvalue weighted by Gasteiger charge is -2.08. The predicted molar refractivity (Wildman–Crippen MR) is 88.9 cm³/mol. The van der Waals surface area contributed by atoms with Crippen molar-refractivity contribution in [3.63, 3.8) is 0 Å². The highest BCUT2D eigenvalue weighted by Crippen LogP contribution is 2.36. The standard InChI is InChI=1S/C16H20BrNS/c1-10(2)18-9-13-5-6-15(19-13)16-12(4)7-11(3)8-14(16)17/h5-8,10,18H,9H2,1-4H3. The topological polar surface area (TPSA) is 12.0 Å². The van der Waals surface area contributed by atoms with Gasteiger partial charge in [-0.15, -0.1) is 11.3 Å². The second-order valence-corrected chi connectivity index (χ2v) is 7.26. The molecule has 0 saturated heterocycles. The zero-order valence-corrected chi connectivity index (χ0v) is 14.3. The summed E-state index contributed by atoms with van der Waals surface area (Å²) in [6.45, 7) is 9.61. The Balaban J connectivity index is 2.28. The summed E-state index contributed by atoms with van der Waals surface area (Å²) < 4.78 is 1.19. The predicted octanol–water partition coefficient (Wildman–Crippen LogP) is 5.29. The normalized spacial score (nSPS) is 11.3. The Bertz CT molecular complexity index is 549. The van der Waals surface area contributed by atoms with Crippen LogP contribution in [0.4, 0.5) is 0 Å². The monoisotopic (exact) mass is 337 g/mol. The smallest absolute Gasteiger partial charge is 0.0360 e. The molecule has 0 aliphatic carbocycles. The van der Waals surface area contributed by atoms with Gasteiger partial charge >= 0.3 is 0 Å². The van der Waals surface area contributed by atoms with Gasteiger partial charge in [0.05, 0.1) is 0 Å². The number of nitrogens with one attached hydrogen (secondary N) is 1. The maximum Gasteiger partial charge on any atom is 0.0360 e. The summed E-state index contributed by atoms with van der Waals surface area (Å²) in [5.41, 5.74) is 3.95. The van der Waals surface area contributed by atoms with E-state index < -0.39 is 0 Å². The number of aryl methyl sites for hydroxylation is 2. The first-order valence-corrected chi connectivity index (χ1v) is 8.17.